The zero-order chi connectivity index (χ0) is 14.4. The molecule has 1 aliphatic rings. The average molecular weight is 311 g/mol. The van der Waals surface area contributed by atoms with Crippen molar-refractivity contribution >= 4 is 29.4 Å². The molecule has 1 saturated heterocycles. The Hall–Kier alpha value is -0.850. The van der Waals surface area contributed by atoms with Crippen LogP contribution in [0.3, 0.4) is 0 Å². The number of amidine groups is 1. The highest BCUT2D eigenvalue weighted by Gasteiger charge is 2.13. The molecule has 1 fully saturated rings. The molecule has 1 unspecified atom stereocenters. The fourth-order valence-corrected chi connectivity index (χ4v) is 4.78. The second kappa shape index (κ2) is 7.81. The van der Waals surface area contributed by atoms with Crippen LogP contribution in [-0.2, 0) is 6.54 Å². The molecule has 20 heavy (non-hydrogen) atoms. The lowest BCUT2D eigenvalue weighted by Gasteiger charge is -2.21. The number of benzene rings is 1. The molecular weight excluding hydrogens is 290 g/mol. The van der Waals surface area contributed by atoms with Gasteiger partial charge in [0.25, 0.3) is 0 Å². The van der Waals surface area contributed by atoms with Crippen LogP contribution in [0.4, 0.5) is 0 Å². The number of thioether (sulfide) groups is 2. The van der Waals surface area contributed by atoms with E-state index < -0.39 is 0 Å². The number of nitrogens with zero attached hydrogens (tertiary/aromatic N) is 1. The van der Waals surface area contributed by atoms with Crippen LogP contribution in [0.15, 0.2) is 23.4 Å². The van der Waals surface area contributed by atoms with Gasteiger partial charge in [0.2, 0.25) is 0 Å². The van der Waals surface area contributed by atoms with E-state index >= 15 is 0 Å². The number of hydrogen-bond donors (Lipinski definition) is 3. The topological polar surface area (TPSA) is 70.6 Å². The lowest BCUT2D eigenvalue weighted by molar-refractivity contribution is 0.318. The number of hydrogen-bond acceptors (Lipinski definition) is 5. The van der Waals surface area contributed by atoms with Crippen molar-refractivity contribution in [1.82, 2.24) is 5.32 Å². The normalized spacial score (nSPS) is 20.1. The van der Waals surface area contributed by atoms with Gasteiger partial charge in [-0.05, 0) is 24.1 Å². The highest BCUT2D eigenvalue weighted by molar-refractivity contribution is 8.06. The average Bonchev–Trinajstić information content (AvgIpc) is 2.49. The molecule has 1 atom stereocenters. The molecule has 4 N–H and O–H groups in total. The molecule has 6 heteroatoms. The van der Waals surface area contributed by atoms with E-state index in [0.29, 0.717) is 0 Å². The second-order valence-corrected chi connectivity index (χ2v) is 7.38. The fraction of sp³-hybridized carbons (Fsp3) is 0.500. The van der Waals surface area contributed by atoms with E-state index in [1.165, 1.54) is 22.8 Å². The van der Waals surface area contributed by atoms with Gasteiger partial charge >= 0.3 is 0 Å². The Labute approximate surface area is 128 Å². The maximum Gasteiger partial charge on any atom is 0.170 e. The predicted octanol–water partition coefficient (Wildman–Crippen LogP) is 2.03. The first kappa shape index (κ1) is 15.5. The summed E-state index contributed by atoms with van der Waals surface area (Å²) in [7, 11) is 0. The molecule has 1 aliphatic heterocycles. The van der Waals surface area contributed by atoms with Crippen molar-refractivity contribution < 1.29 is 5.21 Å². The Bertz CT molecular complexity index is 473. The molecular formula is C14H21N3OS2. The lowest BCUT2D eigenvalue weighted by atomic mass is 10.0. The van der Waals surface area contributed by atoms with E-state index in [-0.39, 0.29) is 5.84 Å². The molecule has 0 spiro atoms. The standard InChI is InChI=1S/C14H21N3OS2/c1-10-6-11(14(15)17-18)2-3-12(10)7-16-8-13-9-19-4-5-20-13/h2-3,6,13,16,18H,4-5,7-9H2,1H3,(H2,15,17). The minimum Gasteiger partial charge on any atom is -0.409 e. The Balaban J connectivity index is 1.86. The number of nitrogens with one attached hydrogen (secondary N) is 1. The van der Waals surface area contributed by atoms with Crippen molar-refractivity contribution in [2.24, 2.45) is 10.9 Å². The van der Waals surface area contributed by atoms with Crippen molar-refractivity contribution in [3.63, 3.8) is 0 Å². The van der Waals surface area contributed by atoms with Crippen molar-refractivity contribution in [3.8, 4) is 0 Å². The smallest absolute Gasteiger partial charge is 0.170 e. The summed E-state index contributed by atoms with van der Waals surface area (Å²) in [6.45, 7) is 3.97. The highest BCUT2D eigenvalue weighted by Crippen LogP contribution is 2.23. The van der Waals surface area contributed by atoms with Gasteiger partial charge in [-0.15, -0.1) is 0 Å². The van der Waals surface area contributed by atoms with Gasteiger partial charge in [0.15, 0.2) is 5.84 Å². The lowest BCUT2D eigenvalue weighted by Crippen LogP contribution is -2.28. The van der Waals surface area contributed by atoms with Crippen LogP contribution in [0.1, 0.15) is 16.7 Å². The Kier molecular flexibility index (Phi) is 6.06. The zero-order valence-corrected chi connectivity index (χ0v) is 13.3. The molecule has 0 amide bonds. The van der Waals surface area contributed by atoms with Crippen LogP contribution < -0.4 is 11.1 Å². The predicted molar refractivity (Wildman–Crippen MR) is 89.0 cm³/mol. The minimum absolute atomic E-state index is 0.156. The number of nitrogens with two attached hydrogens (primary N) is 1. The largest absolute Gasteiger partial charge is 0.409 e. The SMILES string of the molecule is Cc1cc(/C(N)=N/O)ccc1CNCC1CSCCS1. The third-order valence-corrected chi connectivity index (χ3v) is 6.16. The van der Waals surface area contributed by atoms with E-state index in [0.717, 1.165) is 29.5 Å². The van der Waals surface area contributed by atoms with Gasteiger partial charge in [-0.3, -0.25) is 0 Å². The van der Waals surface area contributed by atoms with Gasteiger partial charge in [-0.2, -0.15) is 23.5 Å². The molecule has 0 radical (unpaired) electrons. The zero-order valence-electron chi connectivity index (χ0n) is 11.6. The second-order valence-electron chi connectivity index (χ2n) is 4.83. The van der Waals surface area contributed by atoms with Gasteiger partial charge in [-0.1, -0.05) is 17.3 Å². The summed E-state index contributed by atoms with van der Waals surface area (Å²) in [6, 6.07) is 5.89. The van der Waals surface area contributed by atoms with Crippen LogP contribution in [0.25, 0.3) is 0 Å². The van der Waals surface area contributed by atoms with Gasteiger partial charge in [0, 0.05) is 41.2 Å². The first-order valence-corrected chi connectivity index (χ1v) is 8.88. The van der Waals surface area contributed by atoms with E-state index in [4.69, 9.17) is 10.9 Å². The summed E-state index contributed by atoms with van der Waals surface area (Å²) in [6.07, 6.45) is 0. The van der Waals surface area contributed by atoms with Crippen molar-refractivity contribution in [2.75, 3.05) is 23.8 Å². The maximum atomic E-state index is 8.68. The van der Waals surface area contributed by atoms with Crippen LogP contribution >= 0.6 is 23.5 Å². The van der Waals surface area contributed by atoms with Crippen LogP contribution in [0.5, 0.6) is 0 Å². The third-order valence-electron chi connectivity index (χ3n) is 3.32. The first-order valence-electron chi connectivity index (χ1n) is 6.68. The number of oxime groups is 1. The van der Waals surface area contributed by atoms with Gasteiger partial charge in [-0.25, -0.2) is 0 Å². The fourth-order valence-electron chi connectivity index (χ4n) is 2.13. The third kappa shape index (κ3) is 4.33. The molecule has 110 valence electrons. The number of aryl methyl sites for hydroxylation is 1. The summed E-state index contributed by atoms with van der Waals surface area (Å²) < 4.78 is 0. The molecule has 0 saturated carbocycles. The summed E-state index contributed by atoms with van der Waals surface area (Å²) in [5, 5.41) is 16.0. The number of rotatable bonds is 5. The van der Waals surface area contributed by atoms with Crippen LogP contribution in [0, 0.1) is 6.92 Å². The van der Waals surface area contributed by atoms with Gasteiger partial charge in [0.05, 0.1) is 0 Å². The summed E-state index contributed by atoms with van der Waals surface area (Å²) >= 11 is 4.12. The van der Waals surface area contributed by atoms with Crippen LogP contribution in [0.2, 0.25) is 0 Å². The molecule has 4 nitrogen and oxygen atoms in total. The van der Waals surface area contributed by atoms with E-state index in [1.54, 1.807) is 0 Å². The Morgan fingerprint density at radius 3 is 3.00 bits per heavy atom. The van der Waals surface area contributed by atoms with Crippen molar-refractivity contribution in [3.05, 3.63) is 34.9 Å². The summed E-state index contributed by atoms with van der Waals surface area (Å²) in [5.41, 5.74) is 8.76. The molecule has 0 aliphatic carbocycles. The maximum absolute atomic E-state index is 8.68. The van der Waals surface area contributed by atoms with Crippen molar-refractivity contribution in [1.29, 1.82) is 0 Å². The van der Waals surface area contributed by atoms with E-state index in [9.17, 15) is 0 Å². The molecule has 0 aromatic heterocycles. The molecule has 1 aromatic carbocycles. The first-order chi connectivity index (χ1) is 9.70. The minimum atomic E-state index is 0.156. The monoisotopic (exact) mass is 311 g/mol. The molecule has 1 heterocycles. The van der Waals surface area contributed by atoms with Gasteiger partial charge in [0.1, 0.15) is 0 Å². The summed E-state index contributed by atoms with van der Waals surface area (Å²) in [5.74, 6) is 3.96. The molecule has 1 aromatic rings. The summed E-state index contributed by atoms with van der Waals surface area (Å²) in [4.78, 5) is 0. The van der Waals surface area contributed by atoms with Crippen LogP contribution in [-0.4, -0.2) is 40.1 Å². The molecule has 0 bridgehead atoms. The Morgan fingerprint density at radius 2 is 2.35 bits per heavy atom. The quantitative estimate of drug-likeness (QED) is 0.336. The van der Waals surface area contributed by atoms with E-state index in [2.05, 4.69) is 29.2 Å². The van der Waals surface area contributed by atoms with E-state index in [1.807, 2.05) is 30.0 Å². The Morgan fingerprint density at radius 1 is 1.50 bits per heavy atom. The van der Waals surface area contributed by atoms with Gasteiger partial charge < -0.3 is 16.3 Å². The highest BCUT2D eigenvalue weighted by atomic mass is 32.2. The van der Waals surface area contributed by atoms with Crippen molar-refractivity contribution in [2.45, 2.75) is 18.7 Å². The molecule has 2 rings (SSSR count).